The van der Waals surface area contributed by atoms with Crippen LogP contribution in [0.5, 0.6) is 11.5 Å². The summed E-state index contributed by atoms with van der Waals surface area (Å²) in [6.45, 7) is 3.74. The average Bonchev–Trinajstić information content (AvgIpc) is 2.93. The predicted octanol–water partition coefficient (Wildman–Crippen LogP) is 4.37. The third-order valence-electron chi connectivity index (χ3n) is 5.37. The molecule has 2 aromatic carbocycles. The number of Topliss-reactive ketones (excluding diaryl/α,β-unsaturated/α-hetero) is 2. The smallest absolute Gasteiger partial charge is 0.255 e. The number of ketones is 2. The van der Waals surface area contributed by atoms with Crippen molar-refractivity contribution in [2.75, 3.05) is 5.01 Å². The number of halogens is 2. The van der Waals surface area contributed by atoms with Crippen LogP contribution in [0.3, 0.4) is 0 Å². The van der Waals surface area contributed by atoms with E-state index in [1.807, 2.05) is 19.9 Å². The van der Waals surface area contributed by atoms with E-state index < -0.39 is 23.5 Å². The van der Waals surface area contributed by atoms with Crippen molar-refractivity contribution in [3.05, 3.63) is 51.5 Å². The van der Waals surface area contributed by atoms with Crippen molar-refractivity contribution < 1.29 is 19.1 Å². The molecule has 1 aliphatic carbocycles. The molecule has 4 rings (SSSR count). The zero-order chi connectivity index (χ0) is 22.5. The molecule has 1 heterocycles. The van der Waals surface area contributed by atoms with Gasteiger partial charge in [0.1, 0.15) is 17.6 Å². The summed E-state index contributed by atoms with van der Waals surface area (Å²) < 4.78 is 5.90. The van der Waals surface area contributed by atoms with Crippen molar-refractivity contribution in [1.29, 1.82) is 5.26 Å². The van der Waals surface area contributed by atoms with Gasteiger partial charge in [0.15, 0.2) is 5.75 Å². The SMILES string of the molecule is CC1(C)C(=O)Cc2ccc(Oc3c(Cl)cc(N4N=C(C#N)C(=O)CC4=O)cc3Cl)cc21. The lowest BCUT2D eigenvalue weighted by molar-refractivity contribution is -0.124. The molecule has 156 valence electrons. The highest BCUT2D eigenvalue weighted by Crippen LogP contribution is 2.43. The van der Waals surface area contributed by atoms with Gasteiger partial charge in [-0.2, -0.15) is 15.4 Å². The Bertz CT molecular complexity index is 1220. The Morgan fingerprint density at radius 1 is 1.10 bits per heavy atom. The molecule has 0 unspecified atom stereocenters. The van der Waals surface area contributed by atoms with Gasteiger partial charge in [0, 0.05) is 11.8 Å². The highest BCUT2D eigenvalue weighted by atomic mass is 35.5. The van der Waals surface area contributed by atoms with E-state index in [2.05, 4.69) is 5.10 Å². The number of anilines is 1. The van der Waals surface area contributed by atoms with Gasteiger partial charge in [-0.25, -0.2) is 0 Å². The van der Waals surface area contributed by atoms with E-state index in [9.17, 15) is 14.4 Å². The second kappa shape index (κ2) is 7.49. The van der Waals surface area contributed by atoms with Gasteiger partial charge < -0.3 is 4.74 Å². The molecule has 1 aliphatic heterocycles. The van der Waals surface area contributed by atoms with Crippen molar-refractivity contribution >= 4 is 52.1 Å². The summed E-state index contributed by atoms with van der Waals surface area (Å²) in [6, 6.07) is 9.87. The molecular formula is C22H15Cl2N3O4. The number of fused-ring (bicyclic) bond motifs is 1. The minimum atomic E-state index is -0.640. The molecule has 0 N–H and O–H groups in total. The molecule has 0 aromatic heterocycles. The van der Waals surface area contributed by atoms with E-state index in [0.29, 0.717) is 12.2 Å². The topological polar surface area (TPSA) is 99.8 Å². The van der Waals surface area contributed by atoms with Crippen LogP contribution in [-0.2, 0) is 26.2 Å². The lowest BCUT2D eigenvalue weighted by atomic mass is 9.86. The van der Waals surface area contributed by atoms with Crippen LogP contribution >= 0.6 is 23.2 Å². The number of benzene rings is 2. The lowest BCUT2D eigenvalue weighted by Gasteiger charge is -2.22. The fraction of sp³-hybridized carbons (Fsp3) is 0.227. The fourth-order valence-corrected chi connectivity index (χ4v) is 4.13. The van der Waals surface area contributed by atoms with E-state index in [4.69, 9.17) is 33.2 Å². The molecule has 2 aromatic rings. The van der Waals surface area contributed by atoms with Gasteiger partial charge in [-0.1, -0.05) is 29.3 Å². The van der Waals surface area contributed by atoms with Gasteiger partial charge in [0.05, 0.1) is 22.2 Å². The van der Waals surface area contributed by atoms with Gasteiger partial charge >= 0.3 is 0 Å². The van der Waals surface area contributed by atoms with Crippen LogP contribution < -0.4 is 9.75 Å². The molecule has 1 amide bonds. The number of hydrazone groups is 1. The number of hydrogen-bond acceptors (Lipinski definition) is 6. The number of ether oxygens (including phenoxy) is 1. The lowest BCUT2D eigenvalue weighted by Crippen LogP contribution is -2.36. The van der Waals surface area contributed by atoms with Gasteiger partial charge in [0.25, 0.3) is 5.91 Å². The number of rotatable bonds is 3. The zero-order valence-electron chi connectivity index (χ0n) is 16.5. The Kier molecular flexibility index (Phi) is 5.08. The molecule has 2 aliphatic rings. The number of hydrogen-bond donors (Lipinski definition) is 0. The second-order valence-corrected chi connectivity index (χ2v) is 8.56. The summed E-state index contributed by atoms with van der Waals surface area (Å²) in [5.74, 6) is -0.474. The Morgan fingerprint density at radius 3 is 2.42 bits per heavy atom. The Labute approximate surface area is 187 Å². The zero-order valence-corrected chi connectivity index (χ0v) is 18.0. The molecule has 0 saturated heterocycles. The first-order chi connectivity index (χ1) is 14.6. The highest BCUT2D eigenvalue weighted by molar-refractivity contribution is 6.50. The first-order valence-corrected chi connectivity index (χ1v) is 10.1. The van der Waals surface area contributed by atoms with E-state index in [0.717, 1.165) is 16.1 Å². The number of amides is 1. The van der Waals surface area contributed by atoms with Crippen LogP contribution in [0.4, 0.5) is 5.69 Å². The van der Waals surface area contributed by atoms with E-state index in [1.165, 1.54) is 12.1 Å². The van der Waals surface area contributed by atoms with Crippen molar-refractivity contribution in [2.45, 2.75) is 32.1 Å². The van der Waals surface area contributed by atoms with Gasteiger partial charge in [-0.15, -0.1) is 0 Å². The number of nitrogens with zero attached hydrogens (tertiary/aromatic N) is 3. The van der Waals surface area contributed by atoms with Crippen LogP contribution in [0, 0.1) is 11.3 Å². The van der Waals surface area contributed by atoms with E-state index in [-0.39, 0.29) is 33.0 Å². The minimum absolute atomic E-state index is 0.108. The van der Waals surface area contributed by atoms with Crippen molar-refractivity contribution in [3.8, 4) is 17.6 Å². The van der Waals surface area contributed by atoms with Gasteiger partial charge in [-0.05, 0) is 49.2 Å². The van der Waals surface area contributed by atoms with Crippen LogP contribution in [-0.4, -0.2) is 23.2 Å². The first kappa shape index (κ1) is 21.0. The molecule has 0 saturated carbocycles. The number of nitriles is 1. The number of carbonyl (C=O) groups is 3. The summed E-state index contributed by atoms with van der Waals surface area (Å²) in [5.41, 5.74) is 1.07. The van der Waals surface area contributed by atoms with Crippen LogP contribution in [0.15, 0.2) is 35.4 Å². The van der Waals surface area contributed by atoms with Crippen LogP contribution in [0.2, 0.25) is 10.0 Å². The quantitative estimate of drug-likeness (QED) is 0.639. The largest absolute Gasteiger partial charge is 0.454 e. The minimum Gasteiger partial charge on any atom is -0.454 e. The third-order valence-corrected chi connectivity index (χ3v) is 5.93. The van der Waals surface area contributed by atoms with Crippen molar-refractivity contribution in [1.82, 2.24) is 0 Å². The van der Waals surface area contributed by atoms with E-state index >= 15 is 0 Å². The Morgan fingerprint density at radius 2 is 1.77 bits per heavy atom. The molecule has 0 radical (unpaired) electrons. The first-order valence-electron chi connectivity index (χ1n) is 9.30. The summed E-state index contributed by atoms with van der Waals surface area (Å²) in [7, 11) is 0. The summed E-state index contributed by atoms with van der Waals surface area (Å²) in [4.78, 5) is 36.1. The standard InChI is InChI=1S/C22H15Cl2N3O4/c1-22(2)14-8-13(4-3-11(14)5-19(22)29)31-21-15(23)6-12(7-16(21)24)27-20(30)9-18(28)17(10-25)26-27/h3-4,6-8H,5,9H2,1-2H3. The predicted molar refractivity (Wildman–Crippen MR) is 115 cm³/mol. The Balaban J connectivity index is 1.67. The third kappa shape index (κ3) is 3.58. The van der Waals surface area contributed by atoms with Crippen molar-refractivity contribution in [2.24, 2.45) is 5.10 Å². The van der Waals surface area contributed by atoms with Crippen LogP contribution in [0.1, 0.15) is 31.4 Å². The monoisotopic (exact) mass is 455 g/mol. The van der Waals surface area contributed by atoms with Gasteiger partial charge in [-0.3, -0.25) is 14.4 Å². The summed E-state index contributed by atoms with van der Waals surface area (Å²) in [6.07, 6.45) is -0.0834. The van der Waals surface area contributed by atoms with Crippen LogP contribution in [0.25, 0.3) is 0 Å². The molecule has 7 nitrogen and oxygen atoms in total. The highest BCUT2D eigenvalue weighted by Gasteiger charge is 2.38. The normalized spacial score (nSPS) is 17.3. The van der Waals surface area contributed by atoms with E-state index in [1.54, 1.807) is 18.2 Å². The molecule has 0 atom stereocenters. The van der Waals surface area contributed by atoms with Gasteiger partial charge in [0.2, 0.25) is 11.5 Å². The maximum atomic E-state index is 12.2. The molecule has 0 bridgehead atoms. The summed E-state index contributed by atoms with van der Waals surface area (Å²) >= 11 is 12.7. The maximum absolute atomic E-state index is 12.2. The van der Waals surface area contributed by atoms with Crippen molar-refractivity contribution in [3.63, 3.8) is 0 Å². The Hall–Kier alpha value is -3.21. The molecular weight excluding hydrogens is 441 g/mol. The molecule has 31 heavy (non-hydrogen) atoms. The maximum Gasteiger partial charge on any atom is 0.255 e. The molecule has 0 spiro atoms. The molecule has 9 heteroatoms. The average molecular weight is 456 g/mol. The fourth-order valence-electron chi connectivity index (χ4n) is 3.58. The number of carbonyl (C=O) groups excluding carboxylic acids is 3. The second-order valence-electron chi connectivity index (χ2n) is 7.75. The molecule has 0 fully saturated rings. The summed E-state index contributed by atoms with van der Waals surface area (Å²) in [5, 5.41) is 13.9.